The second-order valence-electron chi connectivity index (χ2n) is 5.72. The molecule has 0 bridgehead atoms. The molecule has 0 aliphatic carbocycles. The van der Waals surface area contributed by atoms with Crippen LogP contribution in [0.5, 0.6) is 0 Å². The van der Waals surface area contributed by atoms with E-state index in [1.807, 2.05) is 13.8 Å². The predicted octanol–water partition coefficient (Wildman–Crippen LogP) is 2.51. The highest BCUT2D eigenvalue weighted by Gasteiger charge is 2.42. The lowest BCUT2D eigenvalue weighted by atomic mass is 9.90. The van der Waals surface area contributed by atoms with Gasteiger partial charge in [-0.1, -0.05) is 36.8 Å². The topological polar surface area (TPSA) is 46.6 Å². The van der Waals surface area contributed by atoms with Crippen molar-refractivity contribution in [1.29, 1.82) is 0 Å². The highest BCUT2D eigenvalue weighted by atomic mass is 16.5. The summed E-state index contributed by atoms with van der Waals surface area (Å²) in [7, 11) is 0. The number of carbonyl (C=O) groups excluding carboxylic acids is 2. The molecular weight excluding hydrogens is 266 g/mol. The van der Waals surface area contributed by atoms with Gasteiger partial charge in [-0.2, -0.15) is 0 Å². The average molecular weight is 289 g/mol. The van der Waals surface area contributed by atoms with Crippen LogP contribution in [-0.4, -0.2) is 36.0 Å². The average Bonchev–Trinajstić information content (AvgIpc) is 2.76. The third-order valence-electron chi connectivity index (χ3n) is 4.27. The second kappa shape index (κ2) is 6.29. The molecule has 1 fully saturated rings. The van der Waals surface area contributed by atoms with E-state index in [1.165, 1.54) is 5.56 Å². The van der Waals surface area contributed by atoms with E-state index in [4.69, 9.17) is 4.74 Å². The van der Waals surface area contributed by atoms with Crippen LogP contribution in [-0.2, 0) is 14.3 Å². The first kappa shape index (κ1) is 15.5. The Kier molecular flexibility index (Phi) is 4.66. The molecule has 0 saturated carbocycles. The van der Waals surface area contributed by atoms with Gasteiger partial charge in [-0.25, -0.2) is 4.79 Å². The smallest absolute Gasteiger partial charge is 0.328 e. The standard InChI is InChI=1S/C17H23NO3/c1-5-21-17(20)13(4)18-10-15(12(3)16(18)19)14-8-6-11(2)7-9-14/h6-9,12-13,15H,5,10H2,1-4H3/t12-,13?,15+/m0/s1. The van der Waals surface area contributed by atoms with Gasteiger partial charge in [-0.05, 0) is 26.3 Å². The normalized spacial score (nSPS) is 23.2. The molecule has 1 aromatic rings. The minimum Gasteiger partial charge on any atom is -0.464 e. The van der Waals surface area contributed by atoms with Crippen LogP contribution in [0.1, 0.15) is 37.8 Å². The fourth-order valence-electron chi connectivity index (χ4n) is 2.84. The number of hydrogen-bond acceptors (Lipinski definition) is 3. The largest absolute Gasteiger partial charge is 0.464 e. The van der Waals surface area contributed by atoms with Crippen LogP contribution in [0.25, 0.3) is 0 Å². The van der Waals surface area contributed by atoms with Crippen molar-refractivity contribution in [2.24, 2.45) is 5.92 Å². The van der Waals surface area contributed by atoms with E-state index in [9.17, 15) is 9.59 Å². The summed E-state index contributed by atoms with van der Waals surface area (Å²) in [5, 5.41) is 0. The Morgan fingerprint density at radius 3 is 2.57 bits per heavy atom. The van der Waals surface area contributed by atoms with Gasteiger partial charge in [0.2, 0.25) is 5.91 Å². The van der Waals surface area contributed by atoms with Gasteiger partial charge in [-0.3, -0.25) is 4.79 Å². The molecule has 1 aromatic carbocycles. The van der Waals surface area contributed by atoms with Gasteiger partial charge in [0.05, 0.1) is 6.61 Å². The number of ether oxygens (including phenoxy) is 1. The molecule has 1 amide bonds. The first-order valence-electron chi connectivity index (χ1n) is 7.49. The molecule has 1 aliphatic rings. The number of likely N-dealkylation sites (tertiary alicyclic amines) is 1. The maximum atomic E-state index is 12.4. The van der Waals surface area contributed by atoms with E-state index in [1.54, 1.807) is 18.7 Å². The molecule has 0 radical (unpaired) electrons. The molecule has 1 aliphatic heterocycles. The number of aryl methyl sites for hydroxylation is 1. The zero-order valence-electron chi connectivity index (χ0n) is 13.1. The number of benzene rings is 1. The van der Waals surface area contributed by atoms with Crippen molar-refractivity contribution in [3.63, 3.8) is 0 Å². The molecule has 4 nitrogen and oxygen atoms in total. The first-order valence-corrected chi connectivity index (χ1v) is 7.49. The quantitative estimate of drug-likeness (QED) is 0.800. The van der Waals surface area contributed by atoms with Crippen LogP contribution in [0.15, 0.2) is 24.3 Å². The molecule has 4 heteroatoms. The van der Waals surface area contributed by atoms with Crippen molar-refractivity contribution in [1.82, 2.24) is 4.90 Å². The summed E-state index contributed by atoms with van der Waals surface area (Å²) in [4.78, 5) is 25.9. The number of amides is 1. The number of carbonyl (C=O) groups is 2. The molecule has 1 unspecified atom stereocenters. The van der Waals surface area contributed by atoms with Gasteiger partial charge in [0.15, 0.2) is 0 Å². The Hall–Kier alpha value is -1.84. The lowest BCUT2D eigenvalue weighted by Gasteiger charge is -2.23. The SMILES string of the molecule is CCOC(=O)C(C)N1C[C@@H](c2ccc(C)cc2)[C@H](C)C1=O. The van der Waals surface area contributed by atoms with E-state index in [0.29, 0.717) is 13.2 Å². The lowest BCUT2D eigenvalue weighted by Crippen LogP contribution is -2.41. The molecule has 2 rings (SSSR count). The predicted molar refractivity (Wildman–Crippen MR) is 80.9 cm³/mol. The summed E-state index contributed by atoms with van der Waals surface area (Å²) in [6.07, 6.45) is 0. The van der Waals surface area contributed by atoms with Crippen molar-refractivity contribution >= 4 is 11.9 Å². The van der Waals surface area contributed by atoms with Gasteiger partial charge in [0.25, 0.3) is 0 Å². The van der Waals surface area contributed by atoms with Gasteiger partial charge in [0, 0.05) is 18.4 Å². The summed E-state index contributed by atoms with van der Waals surface area (Å²) >= 11 is 0. The number of hydrogen-bond donors (Lipinski definition) is 0. The van der Waals surface area contributed by atoms with Crippen molar-refractivity contribution in [3.05, 3.63) is 35.4 Å². The summed E-state index contributed by atoms with van der Waals surface area (Å²) in [6, 6.07) is 7.74. The summed E-state index contributed by atoms with van der Waals surface area (Å²) in [6.45, 7) is 8.40. The van der Waals surface area contributed by atoms with Crippen LogP contribution < -0.4 is 0 Å². The van der Waals surface area contributed by atoms with Crippen LogP contribution in [0, 0.1) is 12.8 Å². The molecule has 21 heavy (non-hydrogen) atoms. The third-order valence-corrected chi connectivity index (χ3v) is 4.27. The molecule has 114 valence electrons. The fourth-order valence-corrected chi connectivity index (χ4v) is 2.84. The maximum absolute atomic E-state index is 12.4. The zero-order valence-corrected chi connectivity index (χ0v) is 13.1. The van der Waals surface area contributed by atoms with Crippen LogP contribution in [0.3, 0.4) is 0 Å². The van der Waals surface area contributed by atoms with Gasteiger partial charge < -0.3 is 9.64 Å². The Morgan fingerprint density at radius 2 is 2.00 bits per heavy atom. The van der Waals surface area contributed by atoms with Crippen molar-refractivity contribution in [2.45, 2.75) is 39.7 Å². The Balaban J connectivity index is 2.16. The minimum absolute atomic E-state index is 0.0288. The van der Waals surface area contributed by atoms with Crippen LogP contribution in [0.2, 0.25) is 0 Å². The van der Waals surface area contributed by atoms with E-state index in [0.717, 1.165) is 5.56 Å². The molecule has 1 saturated heterocycles. The van der Waals surface area contributed by atoms with Crippen molar-refractivity contribution in [2.75, 3.05) is 13.2 Å². The third kappa shape index (κ3) is 3.09. The minimum atomic E-state index is -0.518. The Morgan fingerprint density at radius 1 is 1.38 bits per heavy atom. The number of rotatable bonds is 4. The fraction of sp³-hybridized carbons (Fsp3) is 0.529. The second-order valence-corrected chi connectivity index (χ2v) is 5.72. The first-order chi connectivity index (χ1) is 9.95. The lowest BCUT2D eigenvalue weighted by molar-refractivity contribution is -0.153. The van der Waals surface area contributed by atoms with Crippen molar-refractivity contribution in [3.8, 4) is 0 Å². The zero-order chi connectivity index (χ0) is 15.6. The monoisotopic (exact) mass is 289 g/mol. The summed E-state index contributed by atoms with van der Waals surface area (Å²) in [5.41, 5.74) is 2.35. The number of nitrogens with zero attached hydrogens (tertiary/aromatic N) is 1. The van der Waals surface area contributed by atoms with Gasteiger partial charge >= 0.3 is 5.97 Å². The molecule has 3 atom stereocenters. The highest BCUT2D eigenvalue weighted by Crippen LogP contribution is 2.34. The van der Waals surface area contributed by atoms with E-state index < -0.39 is 6.04 Å². The maximum Gasteiger partial charge on any atom is 0.328 e. The van der Waals surface area contributed by atoms with Crippen LogP contribution >= 0.6 is 0 Å². The van der Waals surface area contributed by atoms with E-state index >= 15 is 0 Å². The highest BCUT2D eigenvalue weighted by molar-refractivity contribution is 5.88. The van der Waals surface area contributed by atoms with E-state index in [-0.39, 0.29) is 23.7 Å². The van der Waals surface area contributed by atoms with Gasteiger partial charge in [-0.15, -0.1) is 0 Å². The van der Waals surface area contributed by atoms with Crippen LogP contribution in [0.4, 0.5) is 0 Å². The Bertz CT molecular complexity index is 523. The summed E-state index contributed by atoms with van der Waals surface area (Å²) in [5.74, 6) is -0.275. The molecular formula is C17H23NO3. The summed E-state index contributed by atoms with van der Waals surface area (Å²) < 4.78 is 5.02. The molecule has 0 aromatic heterocycles. The van der Waals surface area contributed by atoms with E-state index in [2.05, 4.69) is 24.3 Å². The number of esters is 1. The molecule has 1 heterocycles. The Labute approximate surface area is 126 Å². The van der Waals surface area contributed by atoms with Crippen molar-refractivity contribution < 1.29 is 14.3 Å². The molecule has 0 N–H and O–H groups in total. The molecule has 0 spiro atoms. The van der Waals surface area contributed by atoms with Gasteiger partial charge in [0.1, 0.15) is 6.04 Å².